The Kier molecular flexibility index (Phi) is 12.2. The van der Waals surface area contributed by atoms with Crippen LogP contribution in [0.4, 0.5) is 0 Å². The number of nitrogens with zero attached hydrogens (tertiary/aromatic N) is 1. The van der Waals surface area contributed by atoms with E-state index in [1.54, 1.807) is 9.92 Å². The second kappa shape index (κ2) is 16.1. The zero-order valence-corrected chi connectivity index (χ0v) is 33.1. The van der Waals surface area contributed by atoms with Crippen molar-refractivity contribution in [1.29, 1.82) is 0 Å². The van der Waals surface area contributed by atoms with E-state index in [0.717, 1.165) is 31.4 Å². The van der Waals surface area contributed by atoms with Crippen LogP contribution in [0.1, 0.15) is 53.4 Å². The first-order valence-electron chi connectivity index (χ1n) is 16.4. The number of hydrogen-bond acceptors (Lipinski definition) is 3. The number of ketones is 1. The van der Waals surface area contributed by atoms with Crippen molar-refractivity contribution in [2.45, 2.75) is 53.4 Å². The molecule has 3 heterocycles. The number of carbonyl (C=O) groups excluding carboxylic acids is 1. The van der Waals surface area contributed by atoms with Crippen molar-refractivity contribution in [1.82, 2.24) is 4.98 Å². The van der Waals surface area contributed by atoms with Crippen molar-refractivity contribution in [3.05, 3.63) is 109 Å². The van der Waals surface area contributed by atoms with Crippen LogP contribution in [-0.4, -0.2) is 52.5 Å². The van der Waals surface area contributed by atoms with E-state index in [4.69, 9.17) is 4.98 Å². The number of hydrogen-bond donors (Lipinski definition) is 1. The molecule has 0 saturated carbocycles. The van der Waals surface area contributed by atoms with Gasteiger partial charge in [-0.3, -0.25) is 4.79 Å². The van der Waals surface area contributed by atoms with Gasteiger partial charge in [0.2, 0.25) is 0 Å². The Balaban J connectivity index is 0.000000234. The normalized spacial score (nSPS) is 12.9. The van der Waals surface area contributed by atoms with Crippen LogP contribution in [0.2, 0.25) is 0 Å². The summed E-state index contributed by atoms with van der Waals surface area (Å²) in [6, 6.07) is 34.7. The van der Waals surface area contributed by atoms with Gasteiger partial charge in [0.25, 0.3) is 0 Å². The number of aromatic nitrogens is 1. The van der Waals surface area contributed by atoms with Gasteiger partial charge < -0.3 is 5.11 Å². The van der Waals surface area contributed by atoms with Crippen LogP contribution in [0.25, 0.3) is 22.0 Å². The second-order valence-electron chi connectivity index (χ2n) is 11.9. The van der Waals surface area contributed by atoms with E-state index in [1.807, 2.05) is 33.9 Å². The first-order valence-corrected chi connectivity index (χ1v) is 19.8. The monoisotopic (exact) mass is 929 g/mol. The minimum atomic E-state index is 0. The summed E-state index contributed by atoms with van der Waals surface area (Å²) >= 11 is 0.635. The first kappa shape index (κ1) is 35.6. The summed E-state index contributed by atoms with van der Waals surface area (Å²) in [5.74, 6) is 0.547. The van der Waals surface area contributed by atoms with Crippen LogP contribution < -0.4 is 34.2 Å². The molecule has 0 unspecified atom stereocenters. The van der Waals surface area contributed by atoms with Crippen molar-refractivity contribution in [2.24, 2.45) is 11.8 Å². The van der Waals surface area contributed by atoms with Crippen LogP contribution >= 0.6 is 0 Å². The molecule has 0 saturated heterocycles. The van der Waals surface area contributed by atoms with E-state index in [2.05, 4.69) is 91.0 Å². The van der Waals surface area contributed by atoms with Gasteiger partial charge in [0, 0.05) is 38.0 Å². The van der Waals surface area contributed by atoms with E-state index in [0.29, 0.717) is 21.7 Å². The maximum atomic E-state index is 11.7. The first-order chi connectivity index (χ1) is 22.5. The van der Waals surface area contributed by atoms with Crippen molar-refractivity contribution < 1.29 is 30.0 Å². The summed E-state index contributed by atoms with van der Waals surface area (Å²) in [4.78, 5) is 16.6. The topological polar surface area (TPSA) is 50.2 Å². The quantitative estimate of drug-likeness (QED) is 0.109. The zero-order valence-electron chi connectivity index (χ0n) is 27.3. The number of rotatable bonds is 8. The predicted molar refractivity (Wildman–Crippen MR) is 197 cm³/mol. The van der Waals surface area contributed by atoms with Gasteiger partial charge in [0.1, 0.15) is 0 Å². The molecule has 1 N–H and O–H groups in total. The van der Waals surface area contributed by atoms with E-state index < -0.39 is 0 Å². The fraction of sp³-hybridized carbons (Fsp3) is 0.250. The fourth-order valence-electron chi connectivity index (χ4n) is 6.53. The Labute approximate surface area is 305 Å². The van der Waals surface area contributed by atoms with Crippen LogP contribution in [0.5, 0.6) is 0 Å². The molecule has 2 aliphatic heterocycles. The Morgan fingerprint density at radius 2 is 1.45 bits per heavy atom. The van der Waals surface area contributed by atoms with Gasteiger partial charge in [-0.05, 0) is 25.7 Å². The van der Waals surface area contributed by atoms with Crippen LogP contribution in [0.15, 0.2) is 103 Å². The standard InChI is InChI=1S/C27H15BNSe2.C13H24O2.Ir/c1-2-8-18-16-29-22(15-17(18)7-1)19-9-5-11-21-27(19)31-25-14-6-13-24-26(25)28(21)20-10-3-4-12-23(20)30-24;1-5-10(6-2)12(14)9-13(15)11(7-3)8-4;/h1-8,10-16H;9-11,14H,5-8H2,1-4H3;/q-1;;/b;12-9-;. The van der Waals surface area contributed by atoms with Gasteiger partial charge in [-0.15, -0.1) is 0 Å². The summed E-state index contributed by atoms with van der Waals surface area (Å²) < 4.78 is 6.04. The molecule has 7 rings (SSSR count). The maximum absolute atomic E-state index is 11.7. The van der Waals surface area contributed by atoms with Crippen LogP contribution in [0.3, 0.4) is 0 Å². The van der Waals surface area contributed by atoms with Crippen LogP contribution in [0, 0.1) is 17.9 Å². The van der Waals surface area contributed by atoms with Gasteiger partial charge in [0.15, 0.2) is 5.78 Å². The Morgan fingerprint density at radius 3 is 2.17 bits per heavy atom. The Bertz CT molecular complexity index is 1920. The van der Waals surface area contributed by atoms with E-state index in [9.17, 15) is 9.90 Å². The van der Waals surface area contributed by atoms with Crippen molar-refractivity contribution in [3.8, 4) is 11.3 Å². The third-order valence-corrected chi connectivity index (χ3v) is 14.2. The molecule has 1 aromatic heterocycles. The molecule has 241 valence electrons. The number of benzene rings is 4. The van der Waals surface area contributed by atoms with Crippen molar-refractivity contribution in [2.75, 3.05) is 0 Å². The van der Waals surface area contributed by atoms with Crippen molar-refractivity contribution in [3.63, 3.8) is 0 Å². The molecule has 1 radical (unpaired) electrons. The molecule has 0 bridgehead atoms. The molecule has 0 aliphatic carbocycles. The number of fused-ring (bicyclic) bond motifs is 5. The van der Waals surface area contributed by atoms with Gasteiger partial charge in [0.05, 0.1) is 5.76 Å². The number of carbonyl (C=O) groups is 1. The number of aliphatic hydroxyl groups excluding tert-OH is 1. The van der Waals surface area contributed by atoms with E-state index >= 15 is 0 Å². The van der Waals surface area contributed by atoms with Gasteiger partial charge in [-0.1, -0.05) is 27.7 Å². The predicted octanol–water partition coefficient (Wildman–Crippen LogP) is 4.02. The molecular formula is C40H39BIrNO2Se2-. The van der Waals surface area contributed by atoms with E-state index in [-0.39, 0.29) is 58.4 Å². The molecular weight excluding hydrogens is 887 g/mol. The molecule has 2 aliphatic rings. The Morgan fingerprint density at radius 1 is 0.809 bits per heavy atom. The molecule has 0 spiro atoms. The second-order valence-corrected chi connectivity index (χ2v) is 16.4. The SMILES string of the molecule is CCC(CC)C(=O)/C=C(\O)C(CC)CC.[Ir].[c-]1ccc2c(c1-c1cc3ccccc3cn1)[Se]c1cccc3c1B2c1ccccc1[Se]3. The summed E-state index contributed by atoms with van der Waals surface area (Å²) in [6.45, 7) is 8.40. The minimum absolute atomic E-state index is 0. The molecule has 47 heavy (non-hydrogen) atoms. The molecule has 4 aromatic carbocycles. The van der Waals surface area contributed by atoms with Crippen LogP contribution in [-0.2, 0) is 24.9 Å². The van der Waals surface area contributed by atoms with Gasteiger partial charge >= 0.3 is 195 Å². The molecule has 0 fully saturated rings. The number of pyridine rings is 1. The molecule has 7 heteroatoms. The molecule has 0 atom stereocenters. The molecule has 5 aromatic rings. The molecule has 3 nitrogen and oxygen atoms in total. The third-order valence-electron chi connectivity index (χ3n) is 9.24. The zero-order chi connectivity index (χ0) is 32.2. The molecule has 0 amide bonds. The average molecular weight is 927 g/mol. The summed E-state index contributed by atoms with van der Waals surface area (Å²) in [6.07, 6.45) is 6.90. The number of aliphatic hydroxyl groups is 1. The number of allylic oxidation sites excluding steroid dienone is 2. The van der Waals surface area contributed by atoms with Gasteiger partial charge in [-0.25, -0.2) is 0 Å². The summed E-state index contributed by atoms with van der Waals surface area (Å²) in [5.41, 5.74) is 6.73. The third kappa shape index (κ3) is 7.32. The Hall–Kier alpha value is -2.75. The van der Waals surface area contributed by atoms with Crippen molar-refractivity contribution >= 4 is 87.4 Å². The average Bonchev–Trinajstić information content (AvgIpc) is 3.09. The summed E-state index contributed by atoms with van der Waals surface area (Å²) in [5, 5.41) is 12.2. The summed E-state index contributed by atoms with van der Waals surface area (Å²) in [7, 11) is 0. The van der Waals surface area contributed by atoms with Gasteiger partial charge in [-0.2, -0.15) is 0 Å². The fourth-order valence-corrected chi connectivity index (χ4v) is 12.0. The van der Waals surface area contributed by atoms with E-state index in [1.165, 1.54) is 46.7 Å².